The molecule has 114 valence electrons. The molecule has 0 radical (unpaired) electrons. The van der Waals surface area contributed by atoms with Gasteiger partial charge in [-0.3, -0.25) is 0 Å². The molecular weight excluding hydrogens is 307 g/mol. The van der Waals surface area contributed by atoms with Crippen LogP contribution in [0.4, 0.5) is 13.2 Å². The Bertz CT molecular complexity index is 609. The highest BCUT2D eigenvalue weighted by molar-refractivity contribution is 5.85. The lowest BCUT2D eigenvalue weighted by atomic mass is 10.1. The Hall–Kier alpha value is -1.60. The summed E-state index contributed by atoms with van der Waals surface area (Å²) in [6.45, 7) is 1.64. The Morgan fingerprint density at radius 2 is 2.10 bits per heavy atom. The molecule has 1 saturated heterocycles. The zero-order valence-corrected chi connectivity index (χ0v) is 11.7. The van der Waals surface area contributed by atoms with Crippen molar-refractivity contribution < 1.29 is 17.7 Å². The van der Waals surface area contributed by atoms with Crippen LogP contribution in [0.3, 0.4) is 0 Å². The van der Waals surface area contributed by atoms with Crippen LogP contribution in [0.5, 0.6) is 0 Å². The summed E-state index contributed by atoms with van der Waals surface area (Å²) in [6, 6.07) is 4.93. The van der Waals surface area contributed by atoms with E-state index in [4.69, 9.17) is 4.52 Å². The molecule has 21 heavy (non-hydrogen) atoms. The largest absolute Gasteiger partial charge is 0.416 e. The number of hydrogen-bond acceptors (Lipinski definition) is 4. The Morgan fingerprint density at radius 1 is 1.29 bits per heavy atom. The van der Waals surface area contributed by atoms with Gasteiger partial charge in [-0.05, 0) is 25.1 Å². The average Bonchev–Trinajstić information content (AvgIpc) is 3.09. The SMILES string of the molecule is Cl.FC(F)(F)c1cccc(-c2noc(C3CCNC3)n2)c1. The van der Waals surface area contributed by atoms with Crippen LogP contribution in [0.2, 0.25) is 0 Å². The molecule has 1 atom stereocenters. The van der Waals surface area contributed by atoms with Gasteiger partial charge in [0.15, 0.2) is 0 Å². The molecule has 1 fully saturated rings. The normalized spacial score (nSPS) is 18.5. The van der Waals surface area contributed by atoms with E-state index < -0.39 is 11.7 Å². The fraction of sp³-hybridized carbons (Fsp3) is 0.385. The number of nitrogens with one attached hydrogen (secondary N) is 1. The van der Waals surface area contributed by atoms with Crippen molar-refractivity contribution in [3.63, 3.8) is 0 Å². The Kier molecular flexibility index (Phi) is 4.53. The van der Waals surface area contributed by atoms with E-state index in [1.807, 2.05) is 0 Å². The third kappa shape index (κ3) is 3.36. The molecule has 0 saturated carbocycles. The average molecular weight is 320 g/mol. The van der Waals surface area contributed by atoms with Crippen molar-refractivity contribution in [1.82, 2.24) is 15.5 Å². The minimum absolute atomic E-state index is 0. The first-order valence-electron chi connectivity index (χ1n) is 6.26. The first-order valence-corrected chi connectivity index (χ1v) is 6.26. The third-order valence-electron chi connectivity index (χ3n) is 3.30. The summed E-state index contributed by atoms with van der Waals surface area (Å²) in [4.78, 5) is 4.20. The van der Waals surface area contributed by atoms with Gasteiger partial charge in [-0.25, -0.2) is 0 Å². The molecule has 2 aromatic rings. The number of rotatable bonds is 2. The second kappa shape index (κ2) is 6.03. The van der Waals surface area contributed by atoms with Gasteiger partial charge in [-0.2, -0.15) is 18.2 Å². The molecule has 0 amide bonds. The Morgan fingerprint density at radius 3 is 2.76 bits per heavy atom. The highest BCUT2D eigenvalue weighted by Crippen LogP contribution is 2.32. The van der Waals surface area contributed by atoms with Crippen molar-refractivity contribution in [2.45, 2.75) is 18.5 Å². The highest BCUT2D eigenvalue weighted by atomic mass is 35.5. The van der Waals surface area contributed by atoms with Gasteiger partial charge in [-0.1, -0.05) is 17.3 Å². The molecule has 4 nitrogen and oxygen atoms in total. The smallest absolute Gasteiger partial charge is 0.339 e. The molecule has 1 aromatic carbocycles. The summed E-state index contributed by atoms with van der Waals surface area (Å²) < 4.78 is 43.1. The number of aromatic nitrogens is 2. The zero-order chi connectivity index (χ0) is 14.2. The second-order valence-electron chi connectivity index (χ2n) is 4.72. The second-order valence-corrected chi connectivity index (χ2v) is 4.72. The molecule has 0 bridgehead atoms. The summed E-state index contributed by atoms with van der Waals surface area (Å²) in [5.74, 6) is 0.808. The number of alkyl halides is 3. The van der Waals surface area contributed by atoms with Crippen molar-refractivity contribution in [1.29, 1.82) is 0 Å². The Balaban J connectivity index is 0.00000161. The molecule has 3 rings (SSSR count). The maximum Gasteiger partial charge on any atom is 0.416 e. The lowest BCUT2D eigenvalue weighted by Gasteiger charge is -2.06. The summed E-state index contributed by atoms with van der Waals surface area (Å²) in [7, 11) is 0. The third-order valence-corrected chi connectivity index (χ3v) is 3.30. The van der Waals surface area contributed by atoms with Gasteiger partial charge in [0.05, 0.1) is 11.5 Å². The number of hydrogen-bond donors (Lipinski definition) is 1. The number of nitrogens with zero attached hydrogens (tertiary/aromatic N) is 2. The maximum atomic E-state index is 12.7. The van der Waals surface area contributed by atoms with E-state index >= 15 is 0 Å². The standard InChI is InChI=1S/C13H12F3N3O.ClH/c14-13(15,16)10-3-1-2-8(6-10)11-18-12(20-19-11)9-4-5-17-7-9;/h1-3,6,9,17H,4-5,7H2;1H. The van der Waals surface area contributed by atoms with Crippen LogP contribution < -0.4 is 5.32 Å². The van der Waals surface area contributed by atoms with E-state index in [9.17, 15) is 13.2 Å². The minimum atomic E-state index is -4.38. The first kappa shape index (κ1) is 15.8. The van der Waals surface area contributed by atoms with E-state index in [2.05, 4.69) is 15.5 Å². The van der Waals surface area contributed by atoms with E-state index in [1.165, 1.54) is 12.1 Å². The summed E-state index contributed by atoms with van der Waals surface area (Å²) in [5.41, 5.74) is -0.412. The maximum absolute atomic E-state index is 12.7. The fourth-order valence-corrected chi connectivity index (χ4v) is 2.22. The molecule has 0 aliphatic carbocycles. The van der Waals surface area contributed by atoms with E-state index in [-0.39, 0.29) is 24.1 Å². The molecular formula is C13H13ClF3N3O. The number of halogens is 4. The lowest BCUT2D eigenvalue weighted by Crippen LogP contribution is -2.08. The van der Waals surface area contributed by atoms with Crippen molar-refractivity contribution in [2.75, 3.05) is 13.1 Å². The Labute approximate surface area is 125 Å². The van der Waals surface area contributed by atoms with Crippen LogP contribution in [-0.4, -0.2) is 23.2 Å². The molecule has 2 heterocycles. The summed E-state index contributed by atoms with van der Waals surface area (Å²) in [5, 5.41) is 6.95. The van der Waals surface area contributed by atoms with E-state index in [1.54, 1.807) is 0 Å². The molecule has 1 aliphatic heterocycles. The monoisotopic (exact) mass is 319 g/mol. The lowest BCUT2D eigenvalue weighted by molar-refractivity contribution is -0.137. The predicted molar refractivity (Wildman–Crippen MR) is 72.2 cm³/mol. The van der Waals surface area contributed by atoms with Gasteiger partial charge in [-0.15, -0.1) is 12.4 Å². The van der Waals surface area contributed by atoms with Crippen molar-refractivity contribution in [3.8, 4) is 11.4 Å². The molecule has 1 aromatic heterocycles. The van der Waals surface area contributed by atoms with Gasteiger partial charge in [0.25, 0.3) is 0 Å². The quantitative estimate of drug-likeness (QED) is 0.923. The summed E-state index contributed by atoms with van der Waals surface area (Å²) in [6.07, 6.45) is -3.48. The first-order chi connectivity index (χ1) is 9.54. The van der Waals surface area contributed by atoms with Crippen molar-refractivity contribution >= 4 is 12.4 Å². The van der Waals surface area contributed by atoms with Crippen molar-refractivity contribution in [3.05, 3.63) is 35.7 Å². The van der Waals surface area contributed by atoms with E-state index in [0.29, 0.717) is 11.5 Å². The topological polar surface area (TPSA) is 51.0 Å². The zero-order valence-electron chi connectivity index (χ0n) is 10.9. The predicted octanol–water partition coefficient (Wildman–Crippen LogP) is 3.25. The van der Waals surface area contributed by atoms with Gasteiger partial charge >= 0.3 is 6.18 Å². The van der Waals surface area contributed by atoms with Crippen molar-refractivity contribution in [2.24, 2.45) is 0 Å². The molecule has 0 spiro atoms. The van der Waals surface area contributed by atoms with Crippen LogP contribution >= 0.6 is 12.4 Å². The highest BCUT2D eigenvalue weighted by Gasteiger charge is 2.31. The van der Waals surface area contributed by atoms with Crippen LogP contribution in [0.25, 0.3) is 11.4 Å². The molecule has 1 unspecified atom stereocenters. The van der Waals surface area contributed by atoms with Gasteiger partial charge in [0.2, 0.25) is 11.7 Å². The van der Waals surface area contributed by atoms with Crippen LogP contribution in [0.1, 0.15) is 23.8 Å². The van der Waals surface area contributed by atoms with Gasteiger partial charge in [0, 0.05) is 12.1 Å². The van der Waals surface area contributed by atoms with Crippen LogP contribution in [-0.2, 0) is 6.18 Å². The minimum Gasteiger partial charge on any atom is -0.339 e. The van der Waals surface area contributed by atoms with Crippen LogP contribution in [0.15, 0.2) is 28.8 Å². The molecule has 8 heteroatoms. The van der Waals surface area contributed by atoms with E-state index in [0.717, 1.165) is 31.6 Å². The number of benzene rings is 1. The van der Waals surface area contributed by atoms with Gasteiger partial charge in [0.1, 0.15) is 0 Å². The fourth-order valence-electron chi connectivity index (χ4n) is 2.22. The summed E-state index contributed by atoms with van der Waals surface area (Å²) >= 11 is 0. The molecule has 1 N–H and O–H groups in total. The molecule has 1 aliphatic rings. The van der Waals surface area contributed by atoms with Crippen LogP contribution in [0, 0.1) is 0 Å². The van der Waals surface area contributed by atoms with Gasteiger partial charge < -0.3 is 9.84 Å².